The van der Waals surface area contributed by atoms with Crippen LogP contribution in [0.2, 0.25) is 0 Å². The molecule has 2 N–H and O–H groups in total. The number of carbonyl (C=O) groups is 2. The molecule has 5 nitrogen and oxygen atoms in total. The van der Waals surface area contributed by atoms with E-state index in [0.717, 1.165) is 12.0 Å². The van der Waals surface area contributed by atoms with E-state index in [1.54, 1.807) is 12.3 Å². The quantitative estimate of drug-likeness (QED) is 0.778. The number of anilines is 1. The Morgan fingerprint density at radius 1 is 1.47 bits per heavy atom. The van der Waals surface area contributed by atoms with Gasteiger partial charge in [-0.25, -0.2) is 0 Å². The van der Waals surface area contributed by atoms with Crippen LogP contribution in [0.3, 0.4) is 0 Å². The second-order valence-corrected chi connectivity index (χ2v) is 4.39. The van der Waals surface area contributed by atoms with Crippen molar-refractivity contribution in [1.82, 2.24) is 4.98 Å². The number of amides is 1. The fourth-order valence-corrected chi connectivity index (χ4v) is 1.91. The van der Waals surface area contributed by atoms with Gasteiger partial charge in [-0.15, -0.1) is 0 Å². The van der Waals surface area contributed by atoms with Crippen molar-refractivity contribution in [3.8, 4) is 0 Å². The molecule has 0 bridgehead atoms. The van der Waals surface area contributed by atoms with Gasteiger partial charge in [-0.2, -0.15) is 0 Å². The lowest BCUT2D eigenvalue weighted by Crippen LogP contribution is -2.48. The molecule has 1 aliphatic rings. The summed E-state index contributed by atoms with van der Waals surface area (Å²) in [7, 11) is 0. The summed E-state index contributed by atoms with van der Waals surface area (Å²) in [6.45, 7) is 1.84. The minimum Gasteiger partial charge on any atom is -0.480 e. The summed E-state index contributed by atoms with van der Waals surface area (Å²) >= 11 is 0. The van der Waals surface area contributed by atoms with Crippen LogP contribution < -0.4 is 5.32 Å². The first-order valence-electron chi connectivity index (χ1n) is 5.52. The second kappa shape index (κ2) is 4.16. The molecule has 17 heavy (non-hydrogen) atoms. The van der Waals surface area contributed by atoms with E-state index in [4.69, 9.17) is 5.11 Å². The summed E-state index contributed by atoms with van der Waals surface area (Å²) in [6.07, 6.45) is 4.76. The van der Waals surface area contributed by atoms with Crippen LogP contribution in [0.15, 0.2) is 18.5 Å². The normalized spacial score (nSPS) is 17.0. The number of aryl methyl sites for hydroxylation is 1. The molecule has 1 fully saturated rings. The summed E-state index contributed by atoms with van der Waals surface area (Å²) in [5, 5.41) is 11.8. The van der Waals surface area contributed by atoms with Gasteiger partial charge in [0.1, 0.15) is 5.41 Å². The van der Waals surface area contributed by atoms with Gasteiger partial charge in [0, 0.05) is 6.20 Å². The number of nitrogens with zero attached hydrogens (tertiary/aromatic N) is 1. The van der Waals surface area contributed by atoms with Crippen molar-refractivity contribution in [2.45, 2.75) is 26.2 Å². The number of carbonyl (C=O) groups excluding carboxylic acids is 1. The fraction of sp³-hybridized carbons (Fsp3) is 0.417. The summed E-state index contributed by atoms with van der Waals surface area (Å²) in [5.41, 5.74) is 0.209. The van der Waals surface area contributed by atoms with Gasteiger partial charge in [0.2, 0.25) is 5.91 Å². The highest BCUT2D eigenvalue weighted by Gasteiger charge is 2.51. The van der Waals surface area contributed by atoms with Crippen molar-refractivity contribution >= 4 is 17.6 Å². The van der Waals surface area contributed by atoms with Crippen LogP contribution in [0.25, 0.3) is 0 Å². The molecule has 1 saturated carbocycles. The maximum absolute atomic E-state index is 12.0. The van der Waals surface area contributed by atoms with Gasteiger partial charge >= 0.3 is 5.97 Å². The van der Waals surface area contributed by atoms with Gasteiger partial charge < -0.3 is 10.4 Å². The largest absolute Gasteiger partial charge is 0.480 e. The summed E-state index contributed by atoms with van der Waals surface area (Å²) in [4.78, 5) is 27.0. The van der Waals surface area contributed by atoms with Crippen molar-refractivity contribution in [1.29, 1.82) is 0 Å². The maximum Gasteiger partial charge on any atom is 0.319 e. The highest BCUT2D eigenvalue weighted by atomic mass is 16.4. The molecule has 0 atom stereocenters. The van der Waals surface area contributed by atoms with Crippen molar-refractivity contribution in [3.63, 3.8) is 0 Å². The Morgan fingerprint density at radius 2 is 2.18 bits per heavy atom. The molecule has 0 saturated heterocycles. The number of rotatable bonds is 3. The Morgan fingerprint density at radius 3 is 2.65 bits per heavy atom. The third-order valence-electron chi connectivity index (χ3n) is 3.34. The first-order chi connectivity index (χ1) is 8.06. The van der Waals surface area contributed by atoms with Gasteiger partial charge in [0.05, 0.1) is 11.9 Å². The molecular formula is C12H14N2O3. The molecule has 0 aliphatic heterocycles. The van der Waals surface area contributed by atoms with Crippen LogP contribution in [-0.4, -0.2) is 22.0 Å². The summed E-state index contributed by atoms with van der Waals surface area (Å²) < 4.78 is 0. The highest BCUT2D eigenvalue weighted by Crippen LogP contribution is 2.42. The number of hydrogen-bond donors (Lipinski definition) is 2. The molecule has 0 aromatic carbocycles. The van der Waals surface area contributed by atoms with E-state index in [-0.39, 0.29) is 0 Å². The molecule has 90 valence electrons. The molecule has 1 heterocycles. The van der Waals surface area contributed by atoms with Crippen LogP contribution in [0.5, 0.6) is 0 Å². The van der Waals surface area contributed by atoms with Crippen LogP contribution in [0, 0.1) is 12.3 Å². The fourth-order valence-electron chi connectivity index (χ4n) is 1.91. The number of carboxylic acid groups (broad SMARTS) is 1. The van der Waals surface area contributed by atoms with E-state index in [1.807, 2.05) is 6.92 Å². The van der Waals surface area contributed by atoms with Gasteiger partial charge in [0.15, 0.2) is 0 Å². The number of pyridine rings is 1. The maximum atomic E-state index is 12.0. The van der Waals surface area contributed by atoms with E-state index >= 15 is 0 Å². The van der Waals surface area contributed by atoms with E-state index in [2.05, 4.69) is 10.3 Å². The molecule has 0 radical (unpaired) electrons. The molecule has 0 unspecified atom stereocenters. The first kappa shape index (κ1) is 11.6. The SMILES string of the molecule is Cc1ccncc1NC(=O)C1(C(=O)O)CCC1. The summed E-state index contributed by atoms with van der Waals surface area (Å²) in [6, 6.07) is 1.77. The molecular weight excluding hydrogens is 220 g/mol. The lowest BCUT2D eigenvalue weighted by atomic mass is 9.68. The minimum atomic E-state index is -1.23. The average Bonchev–Trinajstić information content (AvgIpc) is 2.19. The Kier molecular flexibility index (Phi) is 2.83. The molecule has 2 rings (SSSR count). The van der Waals surface area contributed by atoms with E-state index in [1.165, 1.54) is 6.20 Å². The third kappa shape index (κ3) is 1.88. The highest BCUT2D eigenvalue weighted by molar-refractivity contribution is 6.09. The number of nitrogens with one attached hydrogen (secondary N) is 1. The van der Waals surface area contributed by atoms with Crippen molar-refractivity contribution in [2.75, 3.05) is 5.32 Å². The Bertz CT molecular complexity index is 467. The van der Waals surface area contributed by atoms with E-state index in [0.29, 0.717) is 18.5 Å². The monoisotopic (exact) mass is 234 g/mol. The number of hydrogen-bond acceptors (Lipinski definition) is 3. The average molecular weight is 234 g/mol. The predicted octanol–water partition coefficient (Wildman–Crippen LogP) is 1.58. The lowest BCUT2D eigenvalue weighted by molar-refractivity contribution is -0.159. The van der Waals surface area contributed by atoms with Crippen LogP contribution in [-0.2, 0) is 9.59 Å². The Labute approximate surface area is 98.9 Å². The smallest absolute Gasteiger partial charge is 0.319 e. The standard InChI is InChI=1S/C12H14N2O3/c1-8-3-6-13-7-9(8)14-10(15)12(11(16)17)4-2-5-12/h3,6-7H,2,4-5H2,1H3,(H,14,15)(H,16,17). The topological polar surface area (TPSA) is 79.3 Å². The third-order valence-corrected chi connectivity index (χ3v) is 3.34. The van der Waals surface area contributed by atoms with E-state index in [9.17, 15) is 9.59 Å². The molecule has 5 heteroatoms. The second-order valence-electron chi connectivity index (χ2n) is 4.39. The minimum absolute atomic E-state index is 0.410. The van der Waals surface area contributed by atoms with Crippen LogP contribution >= 0.6 is 0 Å². The van der Waals surface area contributed by atoms with Gasteiger partial charge in [-0.05, 0) is 31.4 Å². The number of carboxylic acids is 1. The Balaban J connectivity index is 2.17. The van der Waals surface area contributed by atoms with Crippen LogP contribution in [0.4, 0.5) is 5.69 Å². The number of aromatic nitrogens is 1. The van der Waals surface area contributed by atoms with Crippen LogP contribution in [0.1, 0.15) is 24.8 Å². The predicted molar refractivity (Wildman–Crippen MR) is 61.5 cm³/mol. The van der Waals surface area contributed by atoms with Crippen molar-refractivity contribution in [2.24, 2.45) is 5.41 Å². The van der Waals surface area contributed by atoms with Crippen molar-refractivity contribution in [3.05, 3.63) is 24.0 Å². The van der Waals surface area contributed by atoms with E-state index < -0.39 is 17.3 Å². The van der Waals surface area contributed by atoms with Gasteiger partial charge in [-0.3, -0.25) is 14.6 Å². The first-order valence-corrected chi connectivity index (χ1v) is 5.52. The van der Waals surface area contributed by atoms with Gasteiger partial charge in [0.25, 0.3) is 0 Å². The summed E-state index contributed by atoms with van der Waals surface area (Å²) in [5.74, 6) is -1.48. The molecule has 1 aromatic rings. The lowest BCUT2D eigenvalue weighted by Gasteiger charge is -2.35. The number of aliphatic carboxylic acids is 1. The molecule has 1 aliphatic carbocycles. The Hall–Kier alpha value is -1.91. The van der Waals surface area contributed by atoms with Crippen molar-refractivity contribution < 1.29 is 14.7 Å². The molecule has 1 aromatic heterocycles. The zero-order valence-electron chi connectivity index (χ0n) is 9.56. The molecule has 1 amide bonds. The molecule has 0 spiro atoms. The zero-order chi connectivity index (χ0) is 12.5. The van der Waals surface area contributed by atoms with Gasteiger partial charge in [-0.1, -0.05) is 6.42 Å². The zero-order valence-corrected chi connectivity index (χ0v) is 9.56.